The van der Waals surface area contributed by atoms with Gasteiger partial charge in [0, 0.05) is 6.04 Å². The summed E-state index contributed by atoms with van der Waals surface area (Å²) in [7, 11) is 0. The molecule has 0 saturated heterocycles. The molecule has 2 N–H and O–H groups in total. The van der Waals surface area contributed by atoms with Crippen molar-refractivity contribution in [2.24, 2.45) is 33.8 Å². The predicted molar refractivity (Wildman–Crippen MR) is 86.5 cm³/mol. The topological polar surface area (TPSA) is 26.0 Å². The average Bonchev–Trinajstić information content (AvgIpc) is 2.22. The normalized spacial score (nSPS) is 48.0. The van der Waals surface area contributed by atoms with Crippen molar-refractivity contribution >= 4 is 0 Å². The van der Waals surface area contributed by atoms with Gasteiger partial charge < -0.3 is 5.73 Å². The van der Waals surface area contributed by atoms with Crippen molar-refractivity contribution < 1.29 is 0 Å². The molecule has 4 aliphatic rings. The molecular weight excluding hydrogens is 242 g/mol. The van der Waals surface area contributed by atoms with Crippen LogP contribution in [-0.4, -0.2) is 6.04 Å². The van der Waals surface area contributed by atoms with Gasteiger partial charge in [-0.1, -0.05) is 40.5 Å². The highest BCUT2D eigenvalue weighted by molar-refractivity contribution is 5.12. The van der Waals surface area contributed by atoms with Gasteiger partial charge in [-0.05, 0) is 73.0 Å². The van der Waals surface area contributed by atoms with E-state index in [1.165, 1.54) is 57.8 Å². The molecule has 4 aliphatic carbocycles. The molecule has 0 aromatic carbocycles. The molecule has 1 nitrogen and oxygen atoms in total. The molecule has 0 aromatic rings. The van der Waals surface area contributed by atoms with Crippen LogP contribution >= 0.6 is 0 Å². The van der Waals surface area contributed by atoms with Gasteiger partial charge in [-0.3, -0.25) is 0 Å². The summed E-state index contributed by atoms with van der Waals surface area (Å²) in [5.74, 6) is 1.81. The molecule has 0 radical (unpaired) electrons. The molecule has 0 heterocycles. The van der Waals surface area contributed by atoms with Crippen LogP contribution in [0.3, 0.4) is 0 Å². The first kappa shape index (κ1) is 14.9. The lowest BCUT2D eigenvalue weighted by Gasteiger charge is -2.67. The van der Waals surface area contributed by atoms with Crippen molar-refractivity contribution in [2.75, 3.05) is 0 Å². The highest BCUT2D eigenvalue weighted by Gasteiger charge is 2.61. The summed E-state index contributed by atoms with van der Waals surface area (Å²) in [6.07, 6.45) is 12.7. The fourth-order valence-electron chi connectivity index (χ4n) is 7.00. The molecule has 4 bridgehead atoms. The van der Waals surface area contributed by atoms with Crippen LogP contribution in [0.15, 0.2) is 0 Å². The van der Waals surface area contributed by atoms with E-state index in [2.05, 4.69) is 27.7 Å². The highest BCUT2D eigenvalue weighted by atomic mass is 14.8. The second-order valence-corrected chi connectivity index (χ2v) is 9.92. The highest BCUT2D eigenvalue weighted by Crippen LogP contribution is 2.70. The monoisotopic (exact) mass is 277 g/mol. The molecule has 116 valence electrons. The number of nitrogens with two attached hydrogens (primary N) is 1. The number of rotatable bonds is 5. The first-order valence-corrected chi connectivity index (χ1v) is 9.00. The zero-order chi connectivity index (χ0) is 14.6. The van der Waals surface area contributed by atoms with Gasteiger partial charge in [0.25, 0.3) is 0 Å². The maximum absolute atomic E-state index is 6.78. The van der Waals surface area contributed by atoms with E-state index in [1.807, 2.05) is 0 Å². The van der Waals surface area contributed by atoms with E-state index < -0.39 is 0 Å². The molecule has 1 heteroatoms. The summed E-state index contributed by atoms with van der Waals surface area (Å²) in [6, 6.07) is 0.461. The molecular formula is C19H35N. The van der Waals surface area contributed by atoms with Gasteiger partial charge in [-0.25, -0.2) is 0 Å². The maximum atomic E-state index is 6.78. The lowest BCUT2D eigenvalue weighted by molar-refractivity contribution is -0.154. The van der Waals surface area contributed by atoms with E-state index >= 15 is 0 Å². The first-order valence-electron chi connectivity index (χ1n) is 9.00. The summed E-state index contributed by atoms with van der Waals surface area (Å²) < 4.78 is 0. The molecule has 0 spiro atoms. The van der Waals surface area contributed by atoms with Gasteiger partial charge in [0.15, 0.2) is 0 Å². The third-order valence-electron chi connectivity index (χ3n) is 6.75. The Morgan fingerprint density at radius 3 is 2.05 bits per heavy atom. The van der Waals surface area contributed by atoms with Crippen LogP contribution in [0.2, 0.25) is 0 Å². The fraction of sp³-hybridized carbons (Fsp3) is 1.00. The third-order valence-corrected chi connectivity index (χ3v) is 6.75. The molecule has 3 atom stereocenters. The Labute approximate surface area is 126 Å². The average molecular weight is 277 g/mol. The van der Waals surface area contributed by atoms with E-state index in [-0.39, 0.29) is 0 Å². The molecule has 0 aromatic heterocycles. The lowest BCUT2D eigenvalue weighted by Crippen LogP contribution is -2.60. The Bertz CT molecular complexity index is 354. The molecule has 4 saturated carbocycles. The Morgan fingerprint density at radius 2 is 1.55 bits per heavy atom. The van der Waals surface area contributed by atoms with Crippen molar-refractivity contribution in [1.29, 1.82) is 0 Å². The van der Waals surface area contributed by atoms with E-state index in [0.717, 1.165) is 11.8 Å². The second kappa shape index (κ2) is 4.73. The van der Waals surface area contributed by atoms with Crippen LogP contribution in [-0.2, 0) is 0 Å². The van der Waals surface area contributed by atoms with Crippen LogP contribution in [0.1, 0.15) is 85.5 Å². The van der Waals surface area contributed by atoms with Crippen molar-refractivity contribution in [3.8, 4) is 0 Å². The number of hydrogen-bond acceptors (Lipinski definition) is 1. The van der Waals surface area contributed by atoms with Crippen molar-refractivity contribution in [1.82, 2.24) is 0 Å². The molecule has 3 unspecified atom stereocenters. The zero-order valence-electron chi connectivity index (χ0n) is 14.2. The quantitative estimate of drug-likeness (QED) is 0.740. The van der Waals surface area contributed by atoms with Gasteiger partial charge in [0.2, 0.25) is 0 Å². The van der Waals surface area contributed by atoms with E-state index in [0.29, 0.717) is 22.3 Å². The van der Waals surface area contributed by atoms with Crippen molar-refractivity contribution in [2.45, 2.75) is 91.5 Å². The van der Waals surface area contributed by atoms with Crippen LogP contribution in [0.5, 0.6) is 0 Å². The smallest absolute Gasteiger partial charge is 0.00960 e. The van der Waals surface area contributed by atoms with Gasteiger partial charge in [0.05, 0.1) is 0 Å². The summed E-state index contributed by atoms with van der Waals surface area (Å²) in [6.45, 7) is 9.78. The van der Waals surface area contributed by atoms with E-state index in [9.17, 15) is 0 Å². The van der Waals surface area contributed by atoms with Gasteiger partial charge in [-0.15, -0.1) is 0 Å². The van der Waals surface area contributed by atoms with Crippen LogP contribution in [0.25, 0.3) is 0 Å². The molecule has 0 aliphatic heterocycles. The number of hydrogen-bond donors (Lipinski definition) is 1. The van der Waals surface area contributed by atoms with E-state index in [4.69, 9.17) is 5.73 Å². The van der Waals surface area contributed by atoms with Gasteiger partial charge in [-0.2, -0.15) is 0 Å². The summed E-state index contributed by atoms with van der Waals surface area (Å²) in [5.41, 5.74) is 8.51. The minimum absolute atomic E-state index is 0.461. The van der Waals surface area contributed by atoms with Crippen molar-refractivity contribution in [3.05, 3.63) is 0 Å². The van der Waals surface area contributed by atoms with Crippen LogP contribution in [0, 0.1) is 28.1 Å². The molecule has 4 fully saturated rings. The minimum Gasteiger partial charge on any atom is -0.327 e. The van der Waals surface area contributed by atoms with Crippen molar-refractivity contribution in [3.63, 3.8) is 0 Å². The van der Waals surface area contributed by atoms with Crippen LogP contribution < -0.4 is 5.73 Å². The lowest BCUT2D eigenvalue weighted by atomic mass is 9.39. The first-order chi connectivity index (χ1) is 9.24. The van der Waals surface area contributed by atoms with Gasteiger partial charge >= 0.3 is 0 Å². The fourth-order valence-corrected chi connectivity index (χ4v) is 7.00. The standard InChI is InChI=1S/C19H35N/c1-14(2)6-5-7-16(20)19-10-15-8-17(3,12-19)11-18(4,9-15)13-19/h14-16H,5-13,20H2,1-4H3. The largest absolute Gasteiger partial charge is 0.327 e. The summed E-state index contributed by atoms with van der Waals surface area (Å²) in [5, 5.41) is 0. The second-order valence-electron chi connectivity index (χ2n) is 9.92. The van der Waals surface area contributed by atoms with E-state index in [1.54, 1.807) is 0 Å². The third kappa shape index (κ3) is 2.56. The van der Waals surface area contributed by atoms with Crippen LogP contribution in [0.4, 0.5) is 0 Å². The Morgan fingerprint density at radius 1 is 0.950 bits per heavy atom. The molecule has 0 amide bonds. The predicted octanol–water partition coefficient (Wildman–Crippen LogP) is 5.14. The Kier molecular flexibility index (Phi) is 3.52. The minimum atomic E-state index is 0.461. The zero-order valence-corrected chi connectivity index (χ0v) is 14.2. The molecule has 4 rings (SSSR count). The summed E-state index contributed by atoms with van der Waals surface area (Å²) in [4.78, 5) is 0. The Hall–Kier alpha value is -0.0400. The Balaban J connectivity index is 1.72. The van der Waals surface area contributed by atoms with Gasteiger partial charge in [0.1, 0.15) is 0 Å². The summed E-state index contributed by atoms with van der Waals surface area (Å²) >= 11 is 0. The SMILES string of the molecule is CC(C)CCCC(N)C12CC3CC(C)(CC(C)(C3)C1)C2. The molecule has 20 heavy (non-hydrogen) atoms. The maximum Gasteiger partial charge on any atom is 0.00960 e.